The third kappa shape index (κ3) is 1.48. The minimum absolute atomic E-state index is 1.07. The van der Waals surface area contributed by atoms with Crippen LogP contribution in [0, 0.1) is 0 Å². The highest BCUT2D eigenvalue weighted by atomic mass is 79.9. The van der Waals surface area contributed by atoms with Gasteiger partial charge in [-0.05, 0) is 18.4 Å². The lowest BCUT2D eigenvalue weighted by Crippen LogP contribution is -1.85. The standard InChI is InChI=1S/C9H9BrN2S/c1-12-5-6-7(10)3-4-8(13-2)9(6)11-12/h3-5H,1-2H3. The summed E-state index contributed by atoms with van der Waals surface area (Å²) in [6.07, 6.45) is 4.09. The SMILES string of the molecule is CSc1ccc(Br)c2cn(C)nc12. The van der Waals surface area contributed by atoms with E-state index in [9.17, 15) is 0 Å². The molecule has 0 aliphatic heterocycles. The Morgan fingerprint density at radius 2 is 2.23 bits per heavy atom. The van der Waals surface area contributed by atoms with Crippen LogP contribution in [0.1, 0.15) is 0 Å². The summed E-state index contributed by atoms with van der Waals surface area (Å²) in [5.41, 5.74) is 1.07. The molecule has 2 rings (SSSR count). The van der Waals surface area contributed by atoms with Crippen LogP contribution in [-0.4, -0.2) is 16.0 Å². The molecule has 0 saturated carbocycles. The molecule has 0 saturated heterocycles. The highest BCUT2D eigenvalue weighted by Gasteiger charge is 2.06. The van der Waals surface area contributed by atoms with Crippen molar-refractivity contribution >= 4 is 38.6 Å². The Balaban J connectivity index is 2.83. The van der Waals surface area contributed by atoms with Crippen molar-refractivity contribution < 1.29 is 0 Å². The number of thioether (sulfide) groups is 1. The van der Waals surface area contributed by atoms with Crippen molar-refractivity contribution in [2.75, 3.05) is 6.26 Å². The minimum Gasteiger partial charge on any atom is -0.275 e. The fourth-order valence-corrected chi connectivity index (χ4v) is 2.30. The van der Waals surface area contributed by atoms with Crippen molar-refractivity contribution in [1.29, 1.82) is 0 Å². The second-order valence-corrected chi connectivity index (χ2v) is 4.52. The molecule has 0 aliphatic rings. The molecule has 0 N–H and O–H groups in total. The summed E-state index contributed by atoms with van der Waals surface area (Å²) in [6, 6.07) is 4.15. The zero-order chi connectivity index (χ0) is 9.42. The third-order valence-electron chi connectivity index (χ3n) is 1.92. The first-order valence-electron chi connectivity index (χ1n) is 3.88. The predicted octanol–water partition coefficient (Wildman–Crippen LogP) is 3.06. The van der Waals surface area contributed by atoms with Crippen LogP contribution in [-0.2, 0) is 7.05 Å². The van der Waals surface area contributed by atoms with Crippen molar-refractivity contribution in [2.24, 2.45) is 7.05 Å². The number of hydrogen-bond acceptors (Lipinski definition) is 2. The highest BCUT2D eigenvalue weighted by Crippen LogP contribution is 2.30. The third-order valence-corrected chi connectivity index (χ3v) is 3.38. The summed E-state index contributed by atoms with van der Waals surface area (Å²) < 4.78 is 2.95. The molecule has 0 fully saturated rings. The van der Waals surface area contributed by atoms with Gasteiger partial charge in [-0.2, -0.15) is 5.10 Å². The van der Waals surface area contributed by atoms with Crippen LogP contribution >= 0.6 is 27.7 Å². The van der Waals surface area contributed by atoms with Gasteiger partial charge >= 0.3 is 0 Å². The first-order chi connectivity index (χ1) is 6.22. The van der Waals surface area contributed by atoms with Gasteiger partial charge in [0.25, 0.3) is 0 Å². The highest BCUT2D eigenvalue weighted by molar-refractivity contribution is 9.10. The average molecular weight is 257 g/mol. The second kappa shape index (κ2) is 3.35. The largest absolute Gasteiger partial charge is 0.275 e. The van der Waals surface area contributed by atoms with Gasteiger partial charge in [-0.3, -0.25) is 4.68 Å². The molecule has 4 heteroatoms. The lowest BCUT2D eigenvalue weighted by Gasteiger charge is -1.97. The Hall–Kier alpha value is -0.480. The molecule has 13 heavy (non-hydrogen) atoms. The topological polar surface area (TPSA) is 17.8 Å². The van der Waals surface area contributed by atoms with Gasteiger partial charge in [0.1, 0.15) is 5.52 Å². The van der Waals surface area contributed by atoms with Crippen LogP contribution in [0.2, 0.25) is 0 Å². The Morgan fingerprint density at radius 1 is 1.46 bits per heavy atom. The molecule has 1 aromatic heterocycles. The zero-order valence-corrected chi connectivity index (χ0v) is 9.82. The molecule has 0 amide bonds. The zero-order valence-electron chi connectivity index (χ0n) is 7.41. The number of benzene rings is 1. The maximum absolute atomic E-state index is 4.41. The number of fused-ring (bicyclic) bond motifs is 1. The van der Waals surface area contributed by atoms with E-state index in [0.717, 1.165) is 9.99 Å². The van der Waals surface area contributed by atoms with Crippen LogP contribution < -0.4 is 0 Å². The van der Waals surface area contributed by atoms with Crippen molar-refractivity contribution in [3.8, 4) is 0 Å². The van der Waals surface area contributed by atoms with Gasteiger partial charge in [-0.1, -0.05) is 15.9 Å². The molecule has 0 spiro atoms. The maximum Gasteiger partial charge on any atom is 0.107 e. The van der Waals surface area contributed by atoms with Crippen LogP contribution in [0.4, 0.5) is 0 Å². The molecule has 1 heterocycles. The van der Waals surface area contributed by atoms with E-state index >= 15 is 0 Å². The number of hydrogen-bond donors (Lipinski definition) is 0. The Morgan fingerprint density at radius 3 is 2.92 bits per heavy atom. The first kappa shape index (κ1) is 9.09. The molecule has 0 radical (unpaired) electrons. The molecule has 0 bridgehead atoms. The molecule has 0 aliphatic carbocycles. The molecule has 0 unspecified atom stereocenters. The van der Waals surface area contributed by atoms with E-state index in [4.69, 9.17) is 0 Å². The first-order valence-corrected chi connectivity index (χ1v) is 5.90. The van der Waals surface area contributed by atoms with Crippen molar-refractivity contribution in [3.63, 3.8) is 0 Å². The Kier molecular flexibility index (Phi) is 2.34. The summed E-state index contributed by atoms with van der Waals surface area (Å²) in [6.45, 7) is 0. The summed E-state index contributed by atoms with van der Waals surface area (Å²) in [4.78, 5) is 1.22. The monoisotopic (exact) mass is 256 g/mol. The molecule has 1 aromatic carbocycles. The van der Waals surface area contributed by atoms with E-state index in [0.29, 0.717) is 0 Å². The normalized spacial score (nSPS) is 11.0. The summed E-state index contributed by atoms with van der Waals surface area (Å²) in [5, 5.41) is 5.59. The molecular weight excluding hydrogens is 248 g/mol. The number of nitrogens with zero attached hydrogens (tertiary/aromatic N) is 2. The summed E-state index contributed by atoms with van der Waals surface area (Å²) in [7, 11) is 1.94. The summed E-state index contributed by atoms with van der Waals surface area (Å²) in [5.74, 6) is 0. The maximum atomic E-state index is 4.41. The van der Waals surface area contributed by atoms with Gasteiger partial charge in [-0.25, -0.2) is 0 Å². The van der Waals surface area contributed by atoms with Gasteiger partial charge < -0.3 is 0 Å². The smallest absolute Gasteiger partial charge is 0.107 e. The second-order valence-electron chi connectivity index (χ2n) is 2.81. The van der Waals surface area contributed by atoms with E-state index in [1.165, 1.54) is 10.3 Å². The van der Waals surface area contributed by atoms with E-state index in [1.54, 1.807) is 11.8 Å². The molecule has 68 valence electrons. The van der Waals surface area contributed by atoms with Crippen LogP contribution in [0.5, 0.6) is 0 Å². The number of halogens is 1. The van der Waals surface area contributed by atoms with E-state index in [2.05, 4.69) is 39.4 Å². The lowest BCUT2D eigenvalue weighted by molar-refractivity contribution is 0.777. The predicted molar refractivity (Wildman–Crippen MR) is 60.2 cm³/mol. The molecule has 0 atom stereocenters. The van der Waals surface area contributed by atoms with Crippen molar-refractivity contribution in [3.05, 3.63) is 22.8 Å². The molecular formula is C9H9BrN2S. The average Bonchev–Trinajstić information content (AvgIpc) is 2.48. The van der Waals surface area contributed by atoms with Gasteiger partial charge in [0.2, 0.25) is 0 Å². The van der Waals surface area contributed by atoms with Crippen LogP contribution in [0.3, 0.4) is 0 Å². The lowest BCUT2D eigenvalue weighted by atomic mass is 10.3. The van der Waals surface area contributed by atoms with E-state index < -0.39 is 0 Å². The van der Waals surface area contributed by atoms with E-state index in [-0.39, 0.29) is 0 Å². The van der Waals surface area contributed by atoms with Crippen LogP contribution in [0.25, 0.3) is 10.9 Å². The van der Waals surface area contributed by atoms with Crippen LogP contribution in [0.15, 0.2) is 27.7 Å². The van der Waals surface area contributed by atoms with Gasteiger partial charge in [0, 0.05) is 28.0 Å². The number of rotatable bonds is 1. The Labute approximate surface area is 89.4 Å². The minimum atomic E-state index is 1.07. The number of aryl methyl sites for hydroxylation is 1. The van der Waals surface area contributed by atoms with Gasteiger partial charge in [0.05, 0.1) is 0 Å². The van der Waals surface area contributed by atoms with Gasteiger partial charge in [-0.15, -0.1) is 11.8 Å². The van der Waals surface area contributed by atoms with Crippen molar-refractivity contribution in [1.82, 2.24) is 9.78 Å². The fourth-order valence-electron chi connectivity index (χ4n) is 1.33. The Bertz CT molecular complexity index is 450. The molecule has 2 aromatic rings. The quantitative estimate of drug-likeness (QED) is 0.731. The summed E-state index contributed by atoms with van der Waals surface area (Å²) >= 11 is 5.23. The molecule has 2 nitrogen and oxygen atoms in total. The number of aromatic nitrogens is 2. The van der Waals surface area contributed by atoms with Gasteiger partial charge in [0.15, 0.2) is 0 Å². The van der Waals surface area contributed by atoms with Crippen molar-refractivity contribution in [2.45, 2.75) is 4.90 Å². The van der Waals surface area contributed by atoms with E-state index in [1.807, 2.05) is 17.9 Å². The fraction of sp³-hybridized carbons (Fsp3) is 0.222.